The monoisotopic (exact) mass is 194 g/mol. The van der Waals surface area contributed by atoms with Gasteiger partial charge >= 0.3 is 0 Å². The zero-order chi connectivity index (χ0) is 9.97. The maximum absolute atomic E-state index is 5.54. The van der Waals surface area contributed by atoms with Crippen molar-refractivity contribution in [3.8, 4) is 0 Å². The summed E-state index contributed by atoms with van der Waals surface area (Å²) in [5.41, 5.74) is 4.08. The zero-order valence-electron chi connectivity index (χ0n) is 8.61. The van der Waals surface area contributed by atoms with Crippen LogP contribution in [0.4, 0.5) is 0 Å². The zero-order valence-corrected chi connectivity index (χ0v) is 8.61. The number of nitrogens with two attached hydrogens (primary N) is 1. The van der Waals surface area contributed by atoms with E-state index in [1.807, 2.05) is 10.9 Å². The van der Waals surface area contributed by atoms with Crippen LogP contribution in [0, 0.1) is 5.92 Å². The Labute approximate surface area is 84.4 Å². The van der Waals surface area contributed by atoms with Crippen molar-refractivity contribution in [3.05, 3.63) is 18.0 Å². The van der Waals surface area contributed by atoms with Crippen molar-refractivity contribution in [2.24, 2.45) is 11.8 Å². The molecule has 1 aromatic heterocycles. The Morgan fingerprint density at radius 3 is 3.00 bits per heavy atom. The fourth-order valence-electron chi connectivity index (χ4n) is 1.72. The van der Waals surface area contributed by atoms with E-state index in [-0.39, 0.29) is 6.04 Å². The number of hydrogen-bond acceptors (Lipinski definition) is 3. The summed E-state index contributed by atoms with van der Waals surface area (Å²) in [6.07, 6.45) is 7.86. The molecule has 1 aromatic rings. The molecule has 1 aliphatic carbocycles. The Balaban J connectivity index is 2.01. The van der Waals surface area contributed by atoms with E-state index in [1.165, 1.54) is 18.4 Å². The first-order valence-corrected chi connectivity index (χ1v) is 5.32. The fourth-order valence-corrected chi connectivity index (χ4v) is 1.72. The molecule has 4 nitrogen and oxygen atoms in total. The van der Waals surface area contributed by atoms with E-state index in [0.717, 1.165) is 18.9 Å². The first kappa shape index (κ1) is 9.68. The second kappa shape index (κ2) is 4.11. The summed E-state index contributed by atoms with van der Waals surface area (Å²) in [7, 11) is 0. The Hall–Kier alpha value is -0.870. The summed E-state index contributed by atoms with van der Waals surface area (Å²) < 4.78 is 1.94. The van der Waals surface area contributed by atoms with Crippen molar-refractivity contribution in [1.29, 1.82) is 0 Å². The fraction of sp³-hybridized carbons (Fsp3) is 0.700. The summed E-state index contributed by atoms with van der Waals surface area (Å²) in [4.78, 5) is 0. The van der Waals surface area contributed by atoms with Gasteiger partial charge in [-0.2, -0.15) is 5.10 Å². The summed E-state index contributed by atoms with van der Waals surface area (Å²) in [5.74, 6) is 6.42. The van der Waals surface area contributed by atoms with Crippen LogP contribution in [0.3, 0.4) is 0 Å². The lowest BCUT2D eigenvalue weighted by molar-refractivity contribution is 0.486. The van der Waals surface area contributed by atoms with Crippen LogP contribution < -0.4 is 11.3 Å². The highest BCUT2D eigenvalue weighted by Crippen LogP contribution is 2.37. The van der Waals surface area contributed by atoms with Crippen molar-refractivity contribution in [2.75, 3.05) is 0 Å². The largest absolute Gasteiger partial charge is 0.273 e. The predicted octanol–water partition coefficient (Wildman–Crippen LogP) is 1.21. The van der Waals surface area contributed by atoms with Crippen LogP contribution in [0.15, 0.2) is 12.4 Å². The highest BCUT2D eigenvalue weighted by Gasteiger charge is 2.26. The van der Waals surface area contributed by atoms with E-state index in [1.54, 1.807) is 0 Å². The number of aryl methyl sites for hydroxylation is 1. The van der Waals surface area contributed by atoms with Gasteiger partial charge in [-0.1, -0.05) is 12.8 Å². The lowest BCUT2D eigenvalue weighted by Crippen LogP contribution is -2.28. The Kier molecular flexibility index (Phi) is 2.84. The molecule has 78 valence electrons. The quantitative estimate of drug-likeness (QED) is 0.547. The van der Waals surface area contributed by atoms with Gasteiger partial charge < -0.3 is 0 Å². The lowest BCUT2D eigenvalue weighted by Gasteiger charge is -2.12. The first-order valence-electron chi connectivity index (χ1n) is 5.32. The summed E-state index contributed by atoms with van der Waals surface area (Å²) in [6.45, 7) is 3.00. The molecule has 1 atom stereocenters. The molecule has 1 aliphatic rings. The number of hydrazine groups is 1. The minimum Gasteiger partial charge on any atom is -0.273 e. The average Bonchev–Trinajstić information content (AvgIpc) is 2.90. The van der Waals surface area contributed by atoms with Crippen LogP contribution in [0.5, 0.6) is 0 Å². The van der Waals surface area contributed by atoms with Crippen molar-refractivity contribution in [1.82, 2.24) is 15.2 Å². The van der Waals surface area contributed by atoms with Crippen LogP contribution in [-0.4, -0.2) is 9.78 Å². The minimum absolute atomic E-state index is 0.280. The van der Waals surface area contributed by atoms with Crippen LogP contribution in [0.2, 0.25) is 0 Å². The standard InChI is InChI=1S/C10H18N4/c1-2-14-7-9(6-12-14)10(13-11)5-8-3-4-8/h6-8,10,13H,2-5,11H2,1H3. The molecule has 4 heteroatoms. The molecule has 0 aromatic carbocycles. The Morgan fingerprint density at radius 2 is 2.50 bits per heavy atom. The number of nitrogens with one attached hydrogen (secondary N) is 1. The molecule has 2 rings (SSSR count). The molecule has 0 amide bonds. The third kappa shape index (κ3) is 2.13. The molecule has 14 heavy (non-hydrogen) atoms. The van der Waals surface area contributed by atoms with E-state index in [4.69, 9.17) is 5.84 Å². The van der Waals surface area contributed by atoms with Crippen LogP contribution >= 0.6 is 0 Å². The molecule has 0 radical (unpaired) electrons. The SMILES string of the molecule is CCn1cc(C(CC2CC2)NN)cn1. The molecule has 1 fully saturated rings. The van der Waals surface area contributed by atoms with Crippen molar-refractivity contribution in [2.45, 2.75) is 38.8 Å². The summed E-state index contributed by atoms with van der Waals surface area (Å²) in [5, 5.41) is 4.25. The van der Waals surface area contributed by atoms with Gasteiger partial charge in [-0.15, -0.1) is 0 Å². The molecule has 3 N–H and O–H groups in total. The molecule has 0 saturated heterocycles. The number of nitrogens with zero attached hydrogens (tertiary/aromatic N) is 2. The van der Waals surface area contributed by atoms with Crippen molar-refractivity contribution in [3.63, 3.8) is 0 Å². The second-order valence-electron chi connectivity index (χ2n) is 4.03. The maximum atomic E-state index is 5.54. The van der Waals surface area contributed by atoms with Crippen LogP contribution in [0.1, 0.15) is 37.8 Å². The van der Waals surface area contributed by atoms with Crippen molar-refractivity contribution >= 4 is 0 Å². The minimum atomic E-state index is 0.280. The van der Waals surface area contributed by atoms with Gasteiger partial charge in [0.2, 0.25) is 0 Å². The number of aromatic nitrogens is 2. The van der Waals surface area contributed by atoms with Gasteiger partial charge in [0, 0.05) is 24.3 Å². The van der Waals surface area contributed by atoms with Gasteiger partial charge in [-0.3, -0.25) is 16.0 Å². The van der Waals surface area contributed by atoms with Gasteiger partial charge in [0.1, 0.15) is 0 Å². The van der Waals surface area contributed by atoms with E-state index >= 15 is 0 Å². The van der Waals surface area contributed by atoms with E-state index in [9.17, 15) is 0 Å². The van der Waals surface area contributed by atoms with E-state index in [0.29, 0.717) is 0 Å². The average molecular weight is 194 g/mol. The molecule has 1 saturated carbocycles. The molecule has 1 unspecified atom stereocenters. The lowest BCUT2D eigenvalue weighted by atomic mass is 10.1. The molecular weight excluding hydrogens is 176 g/mol. The van der Waals surface area contributed by atoms with E-state index in [2.05, 4.69) is 23.6 Å². The Morgan fingerprint density at radius 1 is 1.71 bits per heavy atom. The van der Waals surface area contributed by atoms with Gasteiger partial charge in [-0.05, 0) is 19.3 Å². The highest BCUT2D eigenvalue weighted by atomic mass is 15.3. The number of rotatable bonds is 5. The second-order valence-corrected chi connectivity index (χ2v) is 4.03. The maximum Gasteiger partial charge on any atom is 0.0538 e. The normalized spacial score (nSPS) is 18.4. The molecular formula is C10H18N4. The molecule has 1 heterocycles. The predicted molar refractivity (Wildman–Crippen MR) is 55.3 cm³/mol. The molecule has 0 spiro atoms. The summed E-state index contributed by atoms with van der Waals surface area (Å²) in [6, 6.07) is 0.280. The van der Waals surface area contributed by atoms with Crippen LogP contribution in [-0.2, 0) is 6.54 Å². The first-order chi connectivity index (χ1) is 6.83. The Bertz CT molecular complexity index is 290. The van der Waals surface area contributed by atoms with Crippen LogP contribution in [0.25, 0.3) is 0 Å². The van der Waals surface area contributed by atoms with E-state index < -0.39 is 0 Å². The van der Waals surface area contributed by atoms with Crippen molar-refractivity contribution < 1.29 is 0 Å². The topological polar surface area (TPSA) is 55.9 Å². The third-order valence-corrected chi connectivity index (χ3v) is 2.85. The van der Waals surface area contributed by atoms with Gasteiger partial charge in [-0.25, -0.2) is 0 Å². The summed E-state index contributed by atoms with van der Waals surface area (Å²) >= 11 is 0. The van der Waals surface area contributed by atoms with Gasteiger partial charge in [0.25, 0.3) is 0 Å². The smallest absolute Gasteiger partial charge is 0.0538 e. The molecule has 0 aliphatic heterocycles. The highest BCUT2D eigenvalue weighted by molar-refractivity contribution is 5.10. The van der Waals surface area contributed by atoms with Gasteiger partial charge in [0.05, 0.1) is 6.20 Å². The number of hydrogen-bond donors (Lipinski definition) is 2. The third-order valence-electron chi connectivity index (χ3n) is 2.85. The molecule has 0 bridgehead atoms. The van der Waals surface area contributed by atoms with Gasteiger partial charge in [0.15, 0.2) is 0 Å².